The molecule has 3 N–H and O–H groups in total. The molecule has 1 aromatic carbocycles. The van der Waals surface area contributed by atoms with Crippen LogP contribution < -0.4 is 15.8 Å². The first kappa shape index (κ1) is 25.1. The normalized spacial score (nSPS) is 17.9. The van der Waals surface area contributed by atoms with E-state index in [1.807, 2.05) is 4.90 Å². The van der Waals surface area contributed by atoms with Crippen molar-refractivity contribution < 1.29 is 28.6 Å². The van der Waals surface area contributed by atoms with E-state index in [1.165, 1.54) is 19.2 Å². The fourth-order valence-corrected chi connectivity index (χ4v) is 4.42. The molecule has 1 saturated heterocycles. The predicted octanol–water partition coefficient (Wildman–Crippen LogP) is 2.75. The van der Waals surface area contributed by atoms with Gasteiger partial charge in [0.2, 0.25) is 6.79 Å². The summed E-state index contributed by atoms with van der Waals surface area (Å²) in [6.45, 7) is 1.03. The molecule has 2 aliphatic rings. The standard InChI is InChI=1S/C23H32ClN3O6/c1-31-20-12-19(25)18(24)11-17(20)22(29)26-16-7-9-27(10-8-16)13-21(28)32-14-33-23(30)15-5-3-2-4-6-15/h11-12,15-16H,2-10,13-14,25H2,1H3,(H,26,29). The van der Waals surface area contributed by atoms with Gasteiger partial charge in [0.05, 0.1) is 35.8 Å². The first-order chi connectivity index (χ1) is 15.9. The van der Waals surface area contributed by atoms with Crippen molar-refractivity contribution in [2.24, 2.45) is 5.92 Å². The highest BCUT2D eigenvalue weighted by atomic mass is 35.5. The molecule has 33 heavy (non-hydrogen) atoms. The van der Waals surface area contributed by atoms with Gasteiger partial charge in [-0.15, -0.1) is 0 Å². The number of amides is 1. The van der Waals surface area contributed by atoms with Crippen LogP contribution in [0.3, 0.4) is 0 Å². The molecule has 0 aromatic heterocycles. The quantitative estimate of drug-likeness (QED) is 0.330. The van der Waals surface area contributed by atoms with Crippen LogP contribution in [0.15, 0.2) is 12.1 Å². The van der Waals surface area contributed by atoms with Gasteiger partial charge in [0.15, 0.2) is 0 Å². The van der Waals surface area contributed by atoms with Crippen molar-refractivity contribution in [1.82, 2.24) is 10.2 Å². The number of likely N-dealkylation sites (tertiary alicyclic amines) is 1. The number of esters is 2. The third kappa shape index (κ3) is 7.23. The fourth-order valence-electron chi connectivity index (χ4n) is 4.25. The maximum absolute atomic E-state index is 12.7. The van der Waals surface area contributed by atoms with E-state index in [9.17, 15) is 14.4 Å². The Balaban J connectivity index is 1.36. The second-order valence-electron chi connectivity index (χ2n) is 8.53. The Hall–Kier alpha value is -2.52. The highest BCUT2D eigenvalue weighted by Gasteiger charge is 2.25. The van der Waals surface area contributed by atoms with Gasteiger partial charge in [-0.1, -0.05) is 30.9 Å². The van der Waals surface area contributed by atoms with E-state index in [2.05, 4.69) is 5.32 Å². The molecule has 1 heterocycles. The molecule has 1 amide bonds. The number of nitrogens with zero attached hydrogens (tertiary/aromatic N) is 1. The average Bonchev–Trinajstić information content (AvgIpc) is 2.82. The first-order valence-electron chi connectivity index (χ1n) is 11.4. The Kier molecular flexibility index (Phi) is 9.20. The lowest BCUT2D eigenvalue weighted by molar-refractivity contribution is -0.171. The third-order valence-electron chi connectivity index (χ3n) is 6.20. The van der Waals surface area contributed by atoms with E-state index < -0.39 is 5.97 Å². The number of ether oxygens (including phenoxy) is 3. The number of piperidine rings is 1. The van der Waals surface area contributed by atoms with Gasteiger partial charge in [-0.25, -0.2) is 0 Å². The smallest absolute Gasteiger partial charge is 0.323 e. The van der Waals surface area contributed by atoms with E-state index in [1.54, 1.807) is 0 Å². The van der Waals surface area contributed by atoms with Gasteiger partial charge < -0.3 is 25.3 Å². The Bertz CT molecular complexity index is 851. The van der Waals surface area contributed by atoms with Crippen molar-refractivity contribution in [2.45, 2.75) is 51.0 Å². The number of carbonyl (C=O) groups excluding carboxylic acids is 3. The van der Waals surface area contributed by atoms with Crippen LogP contribution in [0, 0.1) is 5.92 Å². The number of methoxy groups -OCH3 is 1. The highest BCUT2D eigenvalue weighted by Crippen LogP contribution is 2.29. The summed E-state index contributed by atoms with van der Waals surface area (Å²) in [6, 6.07) is 2.98. The zero-order chi connectivity index (χ0) is 23.8. The molecule has 2 fully saturated rings. The number of benzene rings is 1. The van der Waals surface area contributed by atoms with Gasteiger partial charge >= 0.3 is 11.9 Å². The average molecular weight is 482 g/mol. The van der Waals surface area contributed by atoms with E-state index in [-0.39, 0.29) is 37.2 Å². The SMILES string of the molecule is COc1cc(N)c(Cl)cc1C(=O)NC1CCN(CC(=O)OCOC(=O)C2CCCCC2)CC1. The summed E-state index contributed by atoms with van der Waals surface area (Å²) in [5.41, 5.74) is 6.44. The molecule has 10 heteroatoms. The van der Waals surface area contributed by atoms with E-state index in [0.717, 1.165) is 32.1 Å². The Labute approximate surface area is 198 Å². The second kappa shape index (κ2) is 12.1. The topological polar surface area (TPSA) is 120 Å². The monoisotopic (exact) mass is 481 g/mol. The number of rotatable bonds is 8. The summed E-state index contributed by atoms with van der Waals surface area (Å²) in [4.78, 5) is 38.7. The Morgan fingerprint density at radius 2 is 1.79 bits per heavy atom. The minimum absolute atomic E-state index is 0.0396. The molecule has 1 aliphatic heterocycles. The maximum Gasteiger partial charge on any atom is 0.323 e. The molecule has 1 aromatic rings. The molecular formula is C23H32ClN3O6. The van der Waals surface area contributed by atoms with Crippen molar-refractivity contribution in [3.8, 4) is 5.75 Å². The molecule has 0 unspecified atom stereocenters. The van der Waals surface area contributed by atoms with Crippen LogP contribution in [0.2, 0.25) is 5.02 Å². The first-order valence-corrected chi connectivity index (χ1v) is 11.7. The number of hydrogen-bond donors (Lipinski definition) is 2. The van der Waals surface area contributed by atoms with Gasteiger partial charge in [-0.05, 0) is 31.7 Å². The number of anilines is 1. The van der Waals surface area contributed by atoms with Crippen molar-refractivity contribution in [3.63, 3.8) is 0 Å². The number of nitrogens with one attached hydrogen (secondary N) is 1. The van der Waals surface area contributed by atoms with Crippen LogP contribution in [0.1, 0.15) is 55.3 Å². The zero-order valence-corrected chi connectivity index (χ0v) is 19.7. The van der Waals surface area contributed by atoms with Gasteiger partial charge in [-0.2, -0.15) is 0 Å². The molecule has 0 bridgehead atoms. The summed E-state index contributed by atoms with van der Waals surface area (Å²) in [5.74, 6) is -0.714. The lowest BCUT2D eigenvalue weighted by atomic mass is 9.89. The van der Waals surface area contributed by atoms with Crippen LogP contribution in [0.5, 0.6) is 5.75 Å². The number of nitrogens with two attached hydrogens (primary N) is 1. The molecular weight excluding hydrogens is 450 g/mol. The van der Waals surface area contributed by atoms with Crippen LogP contribution in [-0.4, -0.2) is 62.3 Å². The summed E-state index contributed by atoms with van der Waals surface area (Å²) in [7, 11) is 1.47. The molecule has 0 spiro atoms. The maximum atomic E-state index is 12.7. The fraction of sp³-hybridized carbons (Fsp3) is 0.609. The van der Waals surface area contributed by atoms with Crippen molar-refractivity contribution in [2.75, 3.05) is 39.3 Å². The summed E-state index contributed by atoms with van der Waals surface area (Å²) >= 11 is 6.05. The molecule has 0 radical (unpaired) electrons. The minimum Gasteiger partial charge on any atom is -0.496 e. The Morgan fingerprint density at radius 1 is 1.09 bits per heavy atom. The van der Waals surface area contributed by atoms with Crippen LogP contribution in [0.25, 0.3) is 0 Å². The van der Waals surface area contributed by atoms with Gasteiger partial charge in [0, 0.05) is 25.2 Å². The lowest BCUT2D eigenvalue weighted by Gasteiger charge is -2.31. The number of hydrogen-bond acceptors (Lipinski definition) is 8. The number of nitrogen functional groups attached to an aromatic ring is 1. The summed E-state index contributed by atoms with van der Waals surface area (Å²) in [5, 5.41) is 3.28. The predicted molar refractivity (Wildman–Crippen MR) is 123 cm³/mol. The summed E-state index contributed by atoms with van der Waals surface area (Å²) in [6.07, 6.45) is 6.28. The van der Waals surface area contributed by atoms with Gasteiger partial charge in [0.25, 0.3) is 5.91 Å². The van der Waals surface area contributed by atoms with Crippen molar-refractivity contribution >= 4 is 35.1 Å². The molecule has 0 atom stereocenters. The van der Waals surface area contributed by atoms with E-state index in [4.69, 9.17) is 31.5 Å². The largest absolute Gasteiger partial charge is 0.496 e. The Morgan fingerprint density at radius 3 is 2.45 bits per heavy atom. The third-order valence-corrected chi connectivity index (χ3v) is 6.53. The minimum atomic E-state index is -0.435. The number of halogens is 1. The van der Waals surface area contributed by atoms with Crippen LogP contribution in [0.4, 0.5) is 5.69 Å². The van der Waals surface area contributed by atoms with Crippen molar-refractivity contribution in [3.05, 3.63) is 22.7 Å². The molecule has 3 rings (SSSR count). The van der Waals surface area contributed by atoms with E-state index >= 15 is 0 Å². The zero-order valence-electron chi connectivity index (χ0n) is 18.9. The molecule has 1 aliphatic carbocycles. The molecule has 1 saturated carbocycles. The highest BCUT2D eigenvalue weighted by molar-refractivity contribution is 6.33. The van der Waals surface area contributed by atoms with E-state index in [0.29, 0.717) is 48.0 Å². The lowest BCUT2D eigenvalue weighted by Crippen LogP contribution is -2.46. The van der Waals surface area contributed by atoms with Gasteiger partial charge in [0.1, 0.15) is 5.75 Å². The molecule has 182 valence electrons. The van der Waals surface area contributed by atoms with Crippen LogP contribution >= 0.6 is 11.6 Å². The number of carbonyl (C=O) groups is 3. The second-order valence-corrected chi connectivity index (χ2v) is 8.94. The van der Waals surface area contributed by atoms with Gasteiger partial charge in [-0.3, -0.25) is 19.3 Å². The summed E-state index contributed by atoms with van der Waals surface area (Å²) < 4.78 is 15.4. The van der Waals surface area contributed by atoms with Crippen LogP contribution in [-0.2, 0) is 19.1 Å². The van der Waals surface area contributed by atoms with Crippen molar-refractivity contribution in [1.29, 1.82) is 0 Å². The molecule has 9 nitrogen and oxygen atoms in total.